The highest BCUT2D eigenvalue weighted by Crippen LogP contribution is 2.44. The van der Waals surface area contributed by atoms with Crippen LogP contribution in [0.5, 0.6) is 0 Å². The first-order valence-corrected chi connectivity index (χ1v) is 9.34. The third-order valence-electron chi connectivity index (χ3n) is 3.88. The van der Waals surface area contributed by atoms with Crippen molar-refractivity contribution in [2.24, 2.45) is 0 Å². The van der Waals surface area contributed by atoms with Gasteiger partial charge in [-0.15, -0.1) is 11.8 Å². The van der Waals surface area contributed by atoms with E-state index in [0.29, 0.717) is 24.5 Å². The number of nitrogens with one attached hydrogen (secondary N) is 1. The molecule has 1 aliphatic heterocycles. The summed E-state index contributed by atoms with van der Waals surface area (Å²) in [6, 6.07) is 7.56. The fourth-order valence-corrected chi connectivity index (χ4v) is 4.20. The summed E-state index contributed by atoms with van der Waals surface area (Å²) < 4.78 is 0. The molecule has 1 fully saturated rings. The number of thioether (sulfide) groups is 1. The third kappa shape index (κ3) is 4.88. The van der Waals surface area contributed by atoms with Gasteiger partial charge in [0.2, 0.25) is 11.8 Å². The third-order valence-corrected chi connectivity index (χ3v) is 5.60. The Morgan fingerprint density at radius 2 is 2.08 bits per heavy atom. The van der Waals surface area contributed by atoms with Crippen molar-refractivity contribution in [3.8, 4) is 0 Å². The number of likely N-dealkylation sites (N-methyl/N-ethyl adjacent to an activating group) is 1. The molecule has 24 heavy (non-hydrogen) atoms. The minimum Gasteiger partial charge on any atom is -0.355 e. The molecule has 2 rings (SSSR count). The van der Waals surface area contributed by atoms with Crippen LogP contribution < -0.4 is 5.32 Å². The summed E-state index contributed by atoms with van der Waals surface area (Å²) in [6.45, 7) is 3.70. The Bertz CT molecular complexity index is 597. The van der Waals surface area contributed by atoms with E-state index in [9.17, 15) is 9.59 Å². The average Bonchev–Trinajstić information content (AvgIpc) is 2.80. The lowest BCUT2D eigenvalue weighted by molar-refractivity contribution is -0.130. The van der Waals surface area contributed by atoms with Crippen molar-refractivity contribution in [3.63, 3.8) is 0 Å². The zero-order chi connectivity index (χ0) is 17.7. The van der Waals surface area contributed by atoms with Crippen LogP contribution in [0.25, 0.3) is 0 Å². The molecule has 2 amide bonds. The Labute approximate surface area is 152 Å². The second-order valence-electron chi connectivity index (χ2n) is 6.09. The van der Waals surface area contributed by atoms with Crippen LogP contribution in [0.15, 0.2) is 24.3 Å². The maximum atomic E-state index is 12.4. The average molecular weight is 370 g/mol. The van der Waals surface area contributed by atoms with Crippen LogP contribution >= 0.6 is 23.4 Å². The van der Waals surface area contributed by atoms with Crippen molar-refractivity contribution < 1.29 is 9.59 Å². The quantitative estimate of drug-likeness (QED) is 0.801. The molecule has 1 N–H and O–H groups in total. The standard InChI is InChI=1S/C17H24ClN3O2S/c1-12-16(23)21(10-8-15(22)19-9-11-20(2)3)17(24-12)13-6-4-5-7-14(13)18/h4-7,12,17H,8-11H2,1-3H3,(H,19,22). The number of hydrogen-bond acceptors (Lipinski definition) is 4. The Balaban J connectivity index is 1.97. The van der Waals surface area contributed by atoms with Gasteiger partial charge in [0.25, 0.3) is 0 Å². The van der Waals surface area contributed by atoms with Gasteiger partial charge in [0.1, 0.15) is 5.37 Å². The van der Waals surface area contributed by atoms with Crippen LogP contribution in [0.1, 0.15) is 24.3 Å². The van der Waals surface area contributed by atoms with E-state index in [1.165, 1.54) is 0 Å². The molecule has 0 radical (unpaired) electrons. The largest absolute Gasteiger partial charge is 0.355 e. The van der Waals surface area contributed by atoms with Crippen molar-refractivity contribution in [1.82, 2.24) is 15.1 Å². The SMILES string of the molecule is CC1SC(c2ccccc2Cl)N(CCC(=O)NCCN(C)C)C1=O. The summed E-state index contributed by atoms with van der Waals surface area (Å²) in [5.41, 5.74) is 0.926. The summed E-state index contributed by atoms with van der Waals surface area (Å²) in [6.07, 6.45) is 0.299. The van der Waals surface area contributed by atoms with Gasteiger partial charge in [-0.25, -0.2) is 0 Å². The zero-order valence-corrected chi connectivity index (χ0v) is 15.9. The molecule has 2 unspecified atom stereocenters. The van der Waals surface area contributed by atoms with Crippen molar-refractivity contribution in [3.05, 3.63) is 34.9 Å². The molecule has 1 aromatic carbocycles. The molecule has 0 bridgehead atoms. The first-order valence-electron chi connectivity index (χ1n) is 8.02. The Morgan fingerprint density at radius 3 is 2.75 bits per heavy atom. The Hall–Kier alpha value is -1.24. The van der Waals surface area contributed by atoms with Crippen molar-refractivity contribution >= 4 is 35.2 Å². The fourth-order valence-electron chi connectivity index (χ4n) is 2.55. The van der Waals surface area contributed by atoms with Gasteiger partial charge in [-0.05, 0) is 27.1 Å². The van der Waals surface area contributed by atoms with E-state index >= 15 is 0 Å². The molecule has 1 aliphatic rings. The van der Waals surface area contributed by atoms with Crippen LogP contribution in [-0.4, -0.2) is 60.6 Å². The lowest BCUT2D eigenvalue weighted by Crippen LogP contribution is -2.36. The number of amides is 2. The summed E-state index contributed by atoms with van der Waals surface area (Å²) in [4.78, 5) is 28.2. The second-order valence-corrected chi connectivity index (χ2v) is 7.92. The number of hydrogen-bond donors (Lipinski definition) is 1. The zero-order valence-electron chi connectivity index (χ0n) is 14.3. The minimum absolute atomic E-state index is 0.0351. The van der Waals surface area contributed by atoms with E-state index in [-0.39, 0.29) is 22.4 Å². The maximum Gasteiger partial charge on any atom is 0.236 e. The minimum atomic E-state index is -0.129. The predicted octanol–water partition coefficient (Wildman–Crippen LogP) is 2.37. The first kappa shape index (κ1) is 19.1. The van der Waals surface area contributed by atoms with Crippen LogP contribution in [0.4, 0.5) is 0 Å². The van der Waals surface area contributed by atoms with E-state index in [1.807, 2.05) is 50.2 Å². The lowest BCUT2D eigenvalue weighted by Gasteiger charge is -2.24. The number of rotatable bonds is 7. The smallest absolute Gasteiger partial charge is 0.236 e. The highest BCUT2D eigenvalue weighted by atomic mass is 35.5. The van der Waals surface area contributed by atoms with Crippen molar-refractivity contribution in [2.45, 2.75) is 24.0 Å². The molecule has 1 heterocycles. The highest BCUT2D eigenvalue weighted by Gasteiger charge is 2.39. The molecule has 0 aromatic heterocycles. The van der Waals surface area contributed by atoms with Crippen molar-refractivity contribution in [2.75, 3.05) is 33.7 Å². The lowest BCUT2D eigenvalue weighted by atomic mass is 10.2. The summed E-state index contributed by atoms with van der Waals surface area (Å²) in [5, 5.41) is 3.28. The topological polar surface area (TPSA) is 52.7 Å². The maximum absolute atomic E-state index is 12.4. The van der Waals surface area contributed by atoms with Crippen LogP contribution in [0.2, 0.25) is 5.02 Å². The molecule has 1 aromatic rings. The predicted molar refractivity (Wildman–Crippen MR) is 99.1 cm³/mol. The van der Waals surface area contributed by atoms with Gasteiger partial charge in [-0.2, -0.15) is 0 Å². The molecule has 132 valence electrons. The van der Waals surface area contributed by atoms with Gasteiger partial charge in [0.15, 0.2) is 0 Å². The number of halogens is 1. The number of carbonyl (C=O) groups excluding carboxylic acids is 2. The normalized spacial score (nSPS) is 20.7. The van der Waals surface area contributed by atoms with E-state index in [1.54, 1.807) is 16.7 Å². The van der Waals surface area contributed by atoms with E-state index in [2.05, 4.69) is 5.32 Å². The highest BCUT2D eigenvalue weighted by molar-refractivity contribution is 8.01. The van der Waals surface area contributed by atoms with E-state index in [4.69, 9.17) is 11.6 Å². The van der Waals surface area contributed by atoms with E-state index < -0.39 is 0 Å². The number of benzene rings is 1. The van der Waals surface area contributed by atoms with Crippen molar-refractivity contribution in [1.29, 1.82) is 0 Å². The van der Waals surface area contributed by atoms with Crippen LogP contribution in [0.3, 0.4) is 0 Å². The summed E-state index contributed by atoms with van der Waals surface area (Å²) in [5.74, 6) is 0.0260. The van der Waals surface area contributed by atoms with Gasteiger partial charge < -0.3 is 15.1 Å². The van der Waals surface area contributed by atoms with Gasteiger partial charge in [0.05, 0.1) is 5.25 Å². The molecule has 7 heteroatoms. The molecular formula is C17H24ClN3O2S. The van der Waals surface area contributed by atoms with Gasteiger partial charge in [0, 0.05) is 36.6 Å². The van der Waals surface area contributed by atoms with Gasteiger partial charge >= 0.3 is 0 Å². The van der Waals surface area contributed by atoms with Crippen LogP contribution in [0, 0.1) is 0 Å². The molecule has 5 nitrogen and oxygen atoms in total. The first-order chi connectivity index (χ1) is 11.4. The Morgan fingerprint density at radius 1 is 1.38 bits per heavy atom. The summed E-state index contributed by atoms with van der Waals surface area (Å²) in [7, 11) is 3.92. The molecule has 1 saturated heterocycles. The monoisotopic (exact) mass is 369 g/mol. The molecule has 2 atom stereocenters. The molecule has 0 spiro atoms. The molecular weight excluding hydrogens is 346 g/mol. The molecule has 0 aliphatic carbocycles. The van der Waals surface area contributed by atoms with E-state index in [0.717, 1.165) is 12.1 Å². The van der Waals surface area contributed by atoms with Gasteiger partial charge in [-0.3, -0.25) is 9.59 Å². The number of carbonyl (C=O) groups is 2. The van der Waals surface area contributed by atoms with Crippen LogP contribution in [-0.2, 0) is 9.59 Å². The fraction of sp³-hybridized carbons (Fsp3) is 0.529. The molecule has 0 saturated carbocycles. The number of nitrogens with zero attached hydrogens (tertiary/aromatic N) is 2. The second kappa shape index (κ2) is 8.74. The van der Waals surface area contributed by atoms with Gasteiger partial charge in [-0.1, -0.05) is 29.8 Å². The summed E-state index contributed by atoms with van der Waals surface area (Å²) >= 11 is 7.87. The Kier molecular flexibility index (Phi) is 6.95.